The second-order valence-corrected chi connectivity index (χ2v) is 4.28. The van der Waals surface area contributed by atoms with Gasteiger partial charge >= 0.3 is 0 Å². The SMILES string of the molecule is CCc1ccc(NCc2cc(F)c(F)c(F)c2)cc1. The van der Waals surface area contributed by atoms with Crippen LogP contribution in [-0.2, 0) is 13.0 Å². The molecule has 0 spiro atoms. The molecule has 0 amide bonds. The fourth-order valence-electron chi connectivity index (χ4n) is 1.77. The highest BCUT2D eigenvalue weighted by Gasteiger charge is 2.10. The lowest BCUT2D eigenvalue weighted by atomic mass is 10.1. The van der Waals surface area contributed by atoms with E-state index in [0.29, 0.717) is 5.56 Å². The molecule has 1 N–H and O–H groups in total. The average Bonchev–Trinajstić information content (AvgIpc) is 2.43. The Bertz CT molecular complexity index is 541. The first kappa shape index (κ1) is 13.5. The first-order chi connectivity index (χ1) is 9.10. The molecule has 2 rings (SSSR count). The number of aryl methyl sites for hydroxylation is 1. The molecule has 2 aromatic carbocycles. The van der Waals surface area contributed by atoms with Gasteiger partial charge in [0.2, 0.25) is 0 Å². The molecule has 0 bridgehead atoms. The highest BCUT2D eigenvalue weighted by molar-refractivity contribution is 5.45. The van der Waals surface area contributed by atoms with E-state index in [1.165, 1.54) is 5.56 Å². The molecule has 0 fully saturated rings. The minimum atomic E-state index is -1.43. The Morgan fingerprint density at radius 1 is 0.895 bits per heavy atom. The van der Waals surface area contributed by atoms with Crippen molar-refractivity contribution in [2.75, 3.05) is 5.32 Å². The summed E-state index contributed by atoms with van der Waals surface area (Å²) < 4.78 is 38.8. The van der Waals surface area contributed by atoms with Crippen molar-refractivity contribution in [3.63, 3.8) is 0 Å². The Labute approximate surface area is 110 Å². The Kier molecular flexibility index (Phi) is 4.10. The quantitative estimate of drug-likeness (QED) is 0.814. The van der Waals surface area contributed by atoms with Crippen LogP contribution in [0, 0.1) is 17.5 Å². The maximum Gasteiger partial charge on any atom is 0.194 e. The molecule has 0 heterocycles. The molecule has 0 aliphatic rings. The summed E-state index contributed by atoms with van der Waals surface area (Å²) >= 11 is 0. The summed E-state index contributed by atoms with van der Waals surface area (Å²) in [5, 5.41) is 3.03. The molecule has 0 radical (unpaired) electrons. The predicted octanol–water partition coefficient (Wildman–Crippen LogP) is 4.28. The van der Waals surface area contributed by atoms with Crippen LogP contribution < -0.4 is 5.32 Å². The molecule has 4 heteroatoms. The second-order valence-electron chi connectivity index (χ2n) is 4.28. The van der Waals surface area contributed by atoms with Crippen molar-refractivity contribution in [1.29, 1.82) is 0 Å². The summed E-state index contributed by atoms with van der Waals surface area (Å²) in [7, 11) is 0. The van der Waals surface area contributed by atoms with E-state index in [1.54, 1.807) is 0 Å². The first-order valence-corrected chi connectivity index (χ1v) is 6.06. The number of anilines is 1. The molecule has 19 heavy (non-hydrogen) atoms. The molecule has 0 aliphatic heterocycles. The third-order valence-corrected chi connectivity index (χ3v) is 2.90. The van der Waals surface area contributed by atoms with Crippen molar-refractivity contribution in [1.82, 2.24) is 0 Å². The molecule has 0 aromatic heterocycles. The first-order valence-electron chi connectivity index (χ1n) is 6.06. The van der Waals surface area contributed by atoms with E-state index in [-0.39, 0.29) is 6.54 Å². The largest absolute Gasteiger partial charge is 0.381 e. The van der Waals surface area contributed by atoms with Crippen LogP contribution in [0.2, 0.25) is 0 Å². The van der Waals surface area contributed by atoms with Crippen LogP contribution in [0.5, 0.6) is 0 Å². The normalized spacial score (nSPS) is 10.5. The zero-order chi connectivity index (χ0) is 13.8. The minimum absolute atomic E-state index is 0.236. The number of nitrogens with one attached hydrogen (secondary N) is 1. The molecular formula is C15H14F3N. The molecule has 0 saturated heterocycles. The van der Waals surface area contributed by atoms with Crippen molar-refractivity contribution >= 4 is 5.69 Å². The topological polar surface area (TPSA) is 12.0 Å². The van der Waals surface area contributed by atoms with Gasteiger partial charge < -0.3 is 5.32 Å². The van der Waals surface area contributed by atoms with Gasteiger partial charge in [-0.1, -0.05) is 19.1 Å². The van der Waals surface area contributed by atoms with Gasteiger partial charge in [0.25, 0.3) is 0 Å². The van der Waals surface area contributed by atoms with Crippen LogP contribution in [-0.4, -0.2) is 0 Å². The van der Waals surface area contributed by atoms with Crippen molar-refractivity contribution in [3.8, 4) is 0 Å². The fourth-order valence-corrected chi connectivity index (χ4v) is 1.77. The molecule has 1 nitrogen and oxygen atoms in total. The van der Waals surface area contributed by atoms with Crippen LogP contribution in [0.25, 0.3) is 0 Å². The summed E-state index contributed by atoms with van der Waals surface area (Å²) in [6.45, 7) is 2.30. The van der Waals surface area contributed by atoms with Gasteiger partial charge in [0.1, 0.15) is 0 Å². The van der Waals surface area contributed by atoms with Gasteiger partial charge in [-0.2, -0.15) is 0 Å². The number of rotatable bonds is 4. The maximum atomic E-state index is 13.0. The van der Waals surface area contributed by atoms with E-state index in [0.717, 1.165) is 24.2 Å². The Balaban J connectivity index is 2.05. The fraction of sp³-hybridized carbons (Fsp3) is 0.200. The lowest BCUT2D eigenvalue weighted by Gasteiger charge is -2.08. The lowest BCUT2D eigenvalue weighted by molar-refractivity contribution is 0.445. The Hall–Kier alpha value is -1.97. The van der Waals surface area contributed by atoms with E-state index in [2.05, 4.69) is 12.2 Å². The van der Waals surface area contributed by atoms with Crippen molar-refractivity contribution in [2.24, 2.45) is 0 Å². The summed E-state index contributed by atoms with van der Waals surface area (Å²) in [6, 6.07) is 9.74. The highest BCUT2D eigenvalue weighted by Crippen LogP contribution is 2.16. The minimum Gasteiger partial charge on any atom is -0.381 e. The van der Waals surface area contributed by atoms with Crippen LogP contribution in [0.15, 0.2) is 36.4 Å². The van der Waals surface area contributed by atoms with Gasteiger partial charge in [-0.25, -0.2) is 13.2 Å². The van der Waals surface area contributed by atoms with Crippen LogP contribution >= 0.6 is 0 Å². The number of hydrogen-bond donors (Lipinski definition) is 1. The Morgan fingerprint density at radius 2 is 1.47 bits per heavy atom. The zero-order valence-corrected chi connectivity index (χ0v) is 10.5. The van der Waals surface area contributed by atoms with Gasteiger partial charge in [0.15, 0.2) is 17.5 Å². The molecular weight excluding hydrogens is 251 g/mol. The van der Waals surface area contributed by atoms with E-state index in [9.17, 15) is 13.2 Å². The summed E-state index contributed by atoms with van der Waals surface area (Å²) in [6.07, 6.45) is 0.953. The lowest BCUT2D eigenvalue weighted by Crippen LogP contribution is -2.02. The third kappa shape index (κ3) is 3.28. The van der Waals surface area contributed by atoms with E-state index in [1.807, 2.05) is 24.3 Å². The van der Waals surface area contributed by atoms with Gasteiger partial charge in [0, 0.05) is 12.2 Å². The van der Waals surface area contributed by atoms with Crippen LogP contribution in [0.1, 0.15) is 18.1 Å². The summed E-state index contributed by atoms with van der Waals surface area (Å²) in [5.74, 6) is -3.77. The molecule has 100 valence electrons. The van der Waals surface area contributed by atoms with E-state index >= 15 is 0 Å². The molecule has 0 saturated carbocycles. The zero-order valence-electron chi connectivity index (χ0n) is 10.5. The van der Waals surface area contributed by atoms with Crippen molar-refractivity contribution in [2.45, 2.75) is 19.9 Å². The predicted molar refractivity (Wildman–Crippen MR) is 69.5 cm³/mol. The molecule has 2 aromatic rings. The smallest absolute Gasteiger partial charge is 0.194 e. The van der Waals surface area contributed by atoms with Gasteiger partial charge in [-0.15, -0.1) is 0 Å². The number of halogens is 3. The van der Waals surface area contributed by atoms with Gasteiger partial charge in [-0.3, -0.25) is 0 Å². The van der Waals surface area contributed by atoms with Crippen molar-refractivity contribution < 1.29 is 13.2 Å². The number of hydrogen-bond acceptors (Lipinski definition) is 1. The maximum absolute atomic E-state index is 13.0. The van der Waals surface area contributed by atoms with E-state index < -0.39 is 17.5 Å². The van der Waals surface area contributed by atoms with Crippen LogP contribution in [0.4, 0.5) is 18.9 Å². The van der Waals surface area contributed by atoms with Crippen LogP contribution in [0.3, 0.4) is 0 Å². The average molecular weight is 265 g/mol. The summed E-state index contributed by atoms with van der Waals surface area (Å²) in [4.78, 5) is 0. The van der Waals surface area contributed by atoms with Gasteiger partial charge in [0.05, 0.1) is 0 Å². The number of benzene rings is 2. The monoisotopic (exact) mass is 265 g/mol. The van der Waals surface area contributed by atoms with Gasteiger partial charge in [-0.05, 0) is 41.8 Å². The van der Waals surface area contributed by atoms with Crippen molar-refractivity contribution in [3.05, 3.63) is 65.0 Å². The Morgan fingerprint density at radius 3 is 2.00 bits per heavy atom. The standard InChI is InChI=1S/C15H14F3N/c1-2-10-3-5-12(6-4-10)19-9-11-7-13(16)15(18)14(17)8-11/h3-8,19H,2,9H2,1H3. The highest BCUT2D eigenvalue weighted by atomic mass is 19.2. The molecule has 0 unspecified atom stereocenters. The summed E-state index contributed by atoms with van der Waals surface area (Å²) in [5.41, 5.74) is 2.42. The molecule has 0 aliphatic carbocycles. The molecule has 0 atom stereocenters. The third-order valence-electron chi connectivity index (χ3n) is 2.90. The second kappa shape index (κ2) is 5.78. The van der Waals surface area contributed by atoms with E-state index in [4.69, 9.17) is 0 Å².